The molecule has 3 nitrogen and oxygen atoms in total. The third kappa shape index (κ3) is 4.52. The van der Waals surface area contributed by atoms with Crippen molar-refractivity contribution in [1.29, 1.82) is 0 Å². The van der Waals surface area contributed by atoms with Crippen molar-refractivity contribution >= 4 is 0 Å². The zero-order valence-electron chi connectivity index (χ0n) is 19.9. The molecule has 2 aliphatic rings. The van der Waals surface area contributed by atoms with Gasteiger partial charge in [-0.2, -0.15) is 0 Å². The summed E-state index contributed by atoms with van der Waals surface area (Å²) in [6.07, 6.45) is 3.62. The molecule has 33 heavy (non-hydrogen) atoms. The van der Waals surface area contributed by atoms with Gasteiger partial charge in [-0.15, -0.1) is 0 Å². The first-order chi connectivity index (χ1) is 15.9. The molecule has 0 unspecified atom stereocenters. The van der Waals surface area contributed by atoms with Crippen LogP contribution in [0.1, 0.15) is 50.3 Å². The van der Waals surface area contributed by atoms with E-state index in [1.165, 1.54) is 12.0 Å². The van der Waals surface area contributed by atoms with Crippen molar-refractivity contribution in [3.8, 4) is 11.5 Å². The van der Waals surface area contributed by atoms with E-state index in [-0.39, 0.29) is 11.0 Å². The summed E-state index contributed by atoms with van der Waals surface area (Å²) in [7, 11) is 0. The van der Waals surface area contributed by atoms with Crippen LogP contribution in [0.3, 0.4) is 0 Å². The Kier molecular flexibility index (Phi) is 5.92. The van der Waals surface area contributed by atoms with Gasteiger partial charge in [0.15, 0.2) is 0 Å². The summed E-state index contributed by atoms with van der Waals surface area (Å²) < 4.78 is 19.0. The first kappa shape index (κ1) is 22.0. The zero-order valence-corrected chi connectivity index (χ0v) is 19.9. The number of benzene rings is 3. The van der Waals surface area contributed by atoms with E-state index in [9.17, 15) is 0 Å². The van der Waals surface area contributed by atoms with Crippen LogP contribution in [-0.2, 0) is 24.4 Å². The van der Waals surface area contributed by atoms with Crippen molar-refractivity contribution in [1.82, 2.24) is 0 Å². The first-order valence-electron chi connectivity index (χ1n) is 12.1. The SMILES string of the molecule is CC1(C)[C@@H](Cc2ccc(OCc3ccccc3)cc2OCc2ccccc2)[C@]2(C)CC[C@H]1O2. The fourth-order valence-electron chi connectivity index (χ4n) is 5.75. The molecule has 0 spiro atoms. The number of ether oxygens (including phenoxy) is 3. The molecule has 3 atom stereocenters. The van der Waals surface area contributed by atoms with Crippen LogP contribution < -0.4 is 9.47 Å². The fraction of sp³-hybridized carbons (Fsp3) is 0.400. The summed E-state index contributed by atoms with van der Waals surface area (Å²) >= 11 is 0. The molecule has 2 aliphatic heterocycles. The van der Waals surface area contributed by atoms with Crippen LogP contribution in [0.5, 0.6) is 11.5 Å². The topological polar surface area (TPSA) is 27.7 Å². The first-order valence-corrected chi connectivity index (χ1v) is 12.1. The summed E-state index contributed by atoms with van der Waals surface area (Å²) in [5, 5.41) is 0. The van der Waals surface area contributed by atoms with Crippen LogP contribution in [0, 0.1) is 11.3 Å². The van der Waals surface area contributed by atoms with Crippen LogP contribution in [0.25, 0.3) is 0 Å². The van der Waals surface area contributed by atoms with Crippen LogP contribution >= 0.6 is 0 Å². The van der Waals surface area contributed by atoms with Gasteiger partial charge < -0.3 is 14.2 Å². The molecule has 5 rings (SSSR count). The molecule has 2 heterocycles. The predicted molar refractivity (Wildman–Crippen MR) is 131 cm³/mol. The largest absolute Gasteiger partial charge is 0.489 e. The highest BCUT2D eigenvalue weighted by Crippen LogP contribution is 2.58. The second-order valence-electron chi connectivity index (χ2n) is 10.4. The van der Waals surface area contributed by atoms with Crippen LogP contribution in [-0.4, -0.2) is 11.7 Å². The van der Waals surface area contributed by atoms with Crippen LogP contribution in [0.2, 0.25) is 0 Å². The monoisotopic (exact) mass is 442 g/mol. The predicted octanol–water partition coefficient (Wildman–Crippen LogP) is 6.98. The number of fused-ring (bicyclic) bond motifs is 2. The number of hydrogen-bond donors (Lipinski definition) is 0. The molecular formula is C30H34O3. The molecule has 0 saturated carbocycles. The van der Waals surface area contributed by atoms with Crippen LogP contribution in [0.4, 0.5) is 0 Å². The van der Waals surface area contributed by atoms with E-state index in [1.807, 2.05) is 24.3 Å². The summed E-state index contributed by atoms with van der Waals surface area (Å²) in [5.41, 5.74) is 3.66. The van der Waals surface area contributed by atoms with Gasteiger partial charge in [-0.1, -0.05) is 80.6 Å². The summed E-state index contributed by atoms with van der Waals surface area (Å²) in [6.45, 7) is 8.12. The van der Waals surface area contributed by atoms with Crippen molar-refractivity contribution in [2.24, 2.45) is 11.3 Å². The molecule has 2 saturated heterocycles. The molecule has 0 aromatic heterocycles. The van der Waals surface area contributed by atoms with Crippen molar-refractivity contribution in [2.45, 2.75) is 65.0 Å². The van der Waals surface area contributed by atoms with E-state index in [1.54, 1.807) is 0 Å². The molecule has 0 aliphatic carbocycles. The Morgan fingerprint density at radius 3 is 2.06 bits per heavy atom. The van der Waals surface area contributed by atoms with E-state index in [0.717, 1.165) is 35.5 Å². The lowest BCUT2D eigenvalue weighted by Gasteiger charge is -2.39. The zero-order chi connectivity index (χ0) is 22.9. The van der Waals surface area contributed by atoms with Gasteiger partial charge in [-0.3, -0.25) is 0 Å². The van der Waals surface area contributed by atoms with Gasteiger partial charge in [-0.25, -0.2) is 0 Å². The lowest BCUT2D eigenvalue weighted by Crippen LogP contribution is -2.41. The Bertz CT molecular complexity index is 1070. The van der Waals surface area contributed by atoms with Crippen molar-refractivity contribution in [3.05, 3.63) is 95.6 Å². The smallest absolute Gasteiger partial charge is 0.126 e. The van der Waals surface area contributed by atoms with Crippen molar-refractivity contribution in [2.75, 3.05) is 0 Å². The minimum atomic E-state index is -0.0483. The average Bonchev–Trinajstić information content (AvgIpc) is 3.32. The summed E-state index contributed by atoms with van der Waals surface area (Å²) in [6, 6.07) is 26.9. The van der Waals surface area contributed by atoms with Gasteiger partial charge >= 0.3 is 0 Å². The van der Waals surface area contributed by atoms with E-state index in [0.29, 0.717) is 25.2 Å². The molecule has 0 amide bonds. The Morgan fingerprint density at radius 2 is 1.45 bits per heavy atom. The maximum absolute atomic E-state index is 6.47. The van der Waals surface area contributed by atoms with Gasteiger partial charge in [-0.05, 0) is 60.3 Å². The van der Waals surface area contributed by atoms with E-state index >= 15 is 0 Å². The molecule has 3 heteroatoms. The molecule has 0 N–H and O–H groups in total. The Morgan fingerprint density at radius 1 is 0.818 bits per heavy atom. The van der Waals surface area contributed by atoms with E-state index in [2.05, 4.69) is 75.4 Å². The normalized spacial score (nSPS) is 25.2. The highest BCUT2D eigenvalue weighted by Gasteiger charge is 2.60. The highest BCUT2D eigenvalue weighted by atomic mass is 16.5. The molecule has 3 aromatic rings. The van der Waals surface area contributed by atoms with Gasteiger partial charge in [0.1, 0.15) is 24.7 Å². The second-order valence-corrected chi connectivity index (χ2v) is 10.4. The minimum Gasteiger partial charge on any atom is -0.489 e. The van der Waals surface area contributed by atoms with E-state index < -0.39 is 0 Å². The molecule has 0 radical (unpaired) electrons. The summed E-state index contributed by atoms with van der Waals surface area (Å²) in [5.74, 6) is 2.20. The van der Waals surface area contributed by atoms with Gasteiger partial charge in [0.2, 0.25) is 0 Å². The Balaban J connectivity index is 1.38. The maximum Gasteiger partial charge on any atom is 0.126 e. The molecule has 172 valence electrons. The van der Waals surface area contributed by atoms with Crippen molar-refractivity contribution in [3.63, 3.8) is 0 Å². The third-order valence-electron chi connectivity index (χ3n) is 7.73. The molecular weight excluding hydrogens is 408 g/mol. The molecule has 2 bridgehead atoms. The third-order valence-corrected chi connectivity index (χ3v) is 7.73. The van der Waals surface area contributed by atoms with Gasteiger partial charge in [0, 0.05) is 6.07 Å². The highest BCUT2D eigenvalue weighted by molar-refractivity contribution is 5.42. The lowest BCUT2D eigenvalue weighted by molar-refractivity contribution is 0.00592. The second kappa shape index (κ2) is 8.87. The van der Waals surface area contributed by atoms with Crippen molar-refractivity contribution < 1.29 is 14.2 Å². The Labute approximate surface area is 197 Å². The fourth-order valence-corrected chi connectivity index (χ4v) is 5.75. The quantitative estimate of drug-likeness (QED) is 0.377. The number of rotatable bonds is 8. The molecule has 3 aromatic carbocycles. The Hall–Kier alpha value is -2.78. The van der Waals surface area contributed by atoms with Gasteiger partial charge in [0.05, 0.1) is 11.7 Å². The average molecular weight is 443 g/mol. The van der Waals surface area contributed by atoms with Crippen LogP contribution in [0.15, 0.2) is 78.9 Å². The number of hydrogen-bond acceptors (Lipinski definition) is 3. The van der Waals surface area contributed by atoms with Gasteiger partial charge in [0.25, 0.3) is 0 Å². The molecule has 2 fully saturated rings. The minimum absolute atomic E-state index is 0.0483. The standard InChI is InChI=1S/C30H34O3/c1-29(2)27(30(3)17-16-28(29)33-30)18-24-14-15-25(31-20-22-10-6-4-7-11-22)19-26(24)32-21-23-12-8-5-9-13-23/h4-15,19,27-28H,16-18,20-21H2,1-3H3/t27-,28-,30+/m1/s1. The lowest BCUT2D eigenvalue weighted by atomic mass is 9.62. The summed E-state index contributed by atoms with van der Waals surface area (Å²) in [4.78, 5) is 0. The van der Waals surface area contributed by atoms with E-state index in [4.69, 9.17) is 14.2 Å². The maximum atomic E-state index is 6.47.